The lowest BCUT2D eigenvalue weighted by Gasteiger charge is -2.29. The van der Waals surface area contributed by atoms with Crippen molar-refractivity contribution in [3.63, 3.8) is 0 Å². The summed E-state index contributed by atoms with van der Waals surface area (Å²) in [4.78, 5) is 27.5. The largest absolute Gasteiger partial charge is 0.352 e. The fourth-order valence-electron chi connectivity index (χ4n) is 2.75. The summed E-state index contributed by atoms with van der Waals surface area (Å²) in [5.74, 6) is 0.922. The summed E-state index contributed by atoms with van der Waals surface area (Å²) in [6, 6.07) is 15.5. The zero-order chi connectivity index (χ0) is 22.1. The quantitative estimate of drug-likeness (QED) is 0.404. The van der Waals surface area contributed by atoms with Crippen LogP contribution in [0.3, 0.4) is 0 Å². The van der Waals surface area contributed by atoms with Crippen LogP contribution in [0.4, 0.5) is 0 Å². The first kappa shape index (κ1) is 25.0. The SMILES string of the molecule is CC[C@@H](C)NC(=O)[C@H](C)N(Cc1ccc(Br)cc1)C(=O)CSCc1ccc(Br)cc1. The first-order valence-corrected chi connectivity index (χ1v) is 12.7. The Labute approximate surface area is 200 Å². The van der Waals surface area contributed by atoms with E-state index in [1.54, 1.807) is 23.6 Å². The smallest absolute Gasteiger partial charge is 0.242 e. The number of rotatable bonds is 10. The number of carbonyl (C=O) groups excluding carboxylic acids is 2. The fourth-order valence-corrected chi connectivity index (χ4v) is 4.15. The van der Waals surface area contributed by atoms with E-state index >= 15 is 0 Å². The number of carbonyl (C=O) groups is 2. The maximum Gasteiger partial charge on any atom is 0.242 e. The van der Waals surface area contributed by atoms with Gasteiger partial charge in [-0.3, -0.25) is 9.59 Å². The van der Waals surface area contributed by atoms with E-state index in [-0.39, 0.29) is 17.9 Å². The molecule has 0 spiro atoms. The van der Waals surface area contributed by atoms with E-state index in [1.807, 2.05) is 62.4 Å². The predicted octanol–water partition coefficient (Wildman–Crippen LogP) is 5.78. The Bertz CT molecular complexity index is 828. The van der Waals surface area contributed by atoms with E-state index < -0.39 is 6.04 Å². The van der Waals surface area contributed by atoms with Gasteiger partial charge in [0.15, 0.2) is 0 Å². The lowest BCUT2D eigenvalue weighted by molar-refractivity contribution is -0.138. The maximum atomic E-state index is 13.1. The number of nitrogens with one attached hydrogen (secondary N) is 1. The Balaban J connectivity index is 2.06. The van der Waals surface area contributed by atoms with Crippen molar-refractivity contribution in [2.45, 2.75) is 51.6 Å². The van der Waals surface area contributed by atoms with E-state index in [9.17, 15) is 9.59 Å². The molecule has 0 fully saturated rings. The van der Waals surface area contributed by atoms with Crippen molar-refractivity contribution in [3.05, 3.63) is 68.6 Å². The lowest BCUT2D eigenvalue weighted by Crippen LogP contribution is -2.50. The highest BCUT2D eigenvalue weighted by Crippen LogP contribution is 2.19. The van der Waals surface area contributed by atoms with Crippen LogP contribution in [0.2, 0.25) is 0 Å². The molecule has 0 radical (unpaired) electrons. The number of halogens is 2. The molecule has 2 atom stereocenters. The Morgan fingerprint density at radius 3 is 2.03 bits per heavy atom. The van der Waals surface area contributed by atoms with E-state index in [4.69, 9.17) is 0 Å². The van der Waals surface area contributed by atoms with Crippen LogP contribution in [0.5, 0.6) is 0 Å². The zero-order valence-corrected chi connectivity index (χ0v) is 21.5. The Morgan fingerprint density at radius 1 is 0.967 bits per heavy atom. The van der Waals surface area contributed by atoms with Gasteiger partial charge in [0.1, 0.15) is 6.04 Å². The molecule has 2 aromatic rings. The molecule has 2 aromatic carbocycles. The molecule has 0 heterocycles. The van der Waals surface area contributed by atoms with Crippen LogP contribution in [0.1, 0.15) is 38.3 Å². The van der Waals surface area contributed by atoms with Gasteiger partial charge in [-0.2, -0.15) is 0 Å². The Morgan fingerprint density at radius 2 is 1.50 bits per heavy atom. The molecular weight excluding hydrogens is 528 g/mol. The molecule has 30 heavy (non-hydrogen) atoms. The minimum absolute atomic E-state index is 0.0353. The third-order valence-electron chi connectivity index (χ3n) is 4.84. The summed E-state index contributed by atoms with van der Waals surface area (Å²) < 4.78 is 2.02. The van der Waals surface area contributed by atoms with Gasteiger partial charge in [-0.05, 0) is 55.7 Å². The molecule has 0 saturated carbocycles. The fraction of sp³-hybridized carbons (Fsp3) is 0.391. The highest BCUT2D eigenvalue weighted by molar-refractivity contribution is 9.10. The van der Waals surface area contributed by atoms with Gasteiger partial charge in [-0.25, -0.2) is 0 Å². The van der Waals surface area contributed by atoms with Crippen molar-refractivity contribution < 1.29 is 9.59 Å². The first-order valence-electron chi connectivity index (χ1n) is 9.96. The lowest BCUT2D eigenvalue weighted by atomic mass is 10.1. The van der Waals surface area contributed by atoms with Gasteiger partial charge in [0, 0.05) is 27.3 Å². The molecule has 2 rings (SSSR count). The standard InChI is InChI=1S/C23H28Br2N2O2S/c1-4-16(2)26-23(29)17(3)27(13-18-5-9-20(24)10-6-18)22(28)15-30-14-19-7-11-21(25)12-8-19/h5-12,16-17H,4,13-15H2,1-3H3,(H,26,29)/t16-,17+/m1/s1. The zero-order valence-electron chi connectivity index (χ0n) is 17.5. The number of hydrogen-bond donors (Lipinski definition) is 1. The second kappa shape index (κ2) is 12.5. The number of benzene rings is 2. The van der Waals surface area contributed by atoms with Gasteiger partial charge in [0.2, 0.25) is 11.8 Å². The van der Waals surface area contributed by atoms with Crippen molar-refractivity contribution in [3.8, 4) is 0 Å². The monoisotopic (exact) mass is 554 g/mol. The van der Waals surface area contributed by atoms with Crippen molar-refractivity contribution >= 4 is 55.4 Å². The molecule has 162 valence electrons. The molecular formula is C23H28Br2N2O2S. The second-order valence-corrected chi connectivity index (χ2v) is 10.1. The average molecular weight is 556 g/mol. The third-order valence-corrected chi connectivity index (χ3v) is 6.89. The minimum atomic E-state index is -0.538. The maximum absolute atomic E-state index is 13.1. The summed E-state index contributed by atoms with van der Waals surface area (Å²) in [5, 5.41) is 3.00. The topological polar surface area (TPSA) is 49.4 Å². The van der Waals surface area contributed by atoms with Crippen molar-refractivity contribution in [2.24, 2.45) is 0 Å². The number of nitrogens with zero attached hydrogens (tertiary/aromatic N) is 1. The molecule has 0 saturated heterocycles. The molecule has 0 unspecified atom stereocenters. The molecule has 0 bridgehead atoms. The average Bonchev–Trinajstić information content (AvgIpc) is 2.74. The van der Waals surface area contributed by atoms with Gasteiger partial charge in [-0.15, -0.1) is 11.8 Å². The molecule has 7 heteroatoms. The molecule has 0 aliphatic carbocycles. The summed E-state index contributed by atoms with van der Waals surface area (Å²) in [5.41, 5.74) is 2.16. The van der Waals surface area contributed by atoms with Crippen LogP contribution in [-0.2, 0) is 21.9 Å². The number of hydrogen-bond acceptors (Lipinski definition) is 3. The van der Waals surface area contributed by atoms with Crippen LogP contribution in [-0.4, -0.2) is 34.6 Å². The summed E-state index contributed by atoms with van der Waals surface area (Å²) in [6.45, 7) is 6.20. The minimum Gasteiger partial charge on any atom is -0.352 e. The third kappa shape index (κ3) is 8.08. The molecule has 2 amide bonds. The normalized spacial score (nSPS) is 12.8. The first-order chi connectivity index (χ1) is 14.3. The van der Waals surface area contributed by atoms with Crippen LogP contribution < -0.4 is 5.32 Å². The molecule has 0 aliphatic rings. The second-order valence-electron chi connectivity index (χ2n) is 7.26. The van der Waals surface area contributed by atoms with Crippen LogP contribution in [0, 0.1) is 0 Å². The Kier molecular flexibility index (Phi) is 10.4. The van der Waals surface area contributed by atoms with Crippen molar-refractivity contribution in [1.29, 1.82) is 0 Å². The van der Waals surface area contributed by atoms with E-state index in [0.717, 1.165) is 32.2 Å². The van der Waals surface area contributed by atoms with Crippen LogP contribution >= 0.6 is 43.6 Å². The molecule has 0 aliphatic heterocycles. The van der Waals surface area contributed by atoms with Gasteiger partial charge in [0.05, 0.1) is 5.75 Å². The summed E-state index contributed by atoms with van der Waals surface area (Å²) >= 11 is 8.44. The highest BCUT2D eigenvalue weighted by atomic mass is 79.9. The summed E-state index contributed by atoms with van der Waals surface area (Å²) in [6.07, 6.45) is 0.849. The van der Waals surface area contributed by atoms with Gasteiger partial charge in [0.25, 0.3) is 0 Å². The van der Waals surface area contributed by atoms with Gasteiger partial charge < -0.3 is 10.2 Å². The Hall–Kier alpha value is -1.31. The van der Waals surface area contributed by atoms with Crippen LogP contribution in [0.15, 0.2) is 57.5 Å². The van der Waals surface area contributed by atoms with E-state index in [0.29, 0.717) is 12.3 Å². The highest BCUT2D eigenvalue weighted by Gasteiger charge is 2.26. The molecule has 1 N–H and O–H groups in total. The van der Waals surface area contributed by atoms with Crippen molar-refractivity contribution in [2.75, 3.05) is 5.75 Å². The van der Waals surface area contributed by atoms with Gasteiger partial charge in [-0.1, -0.05) is 63.0 Å². The molecule has 4 nitrogen and oxygen atoms in total. The number of amides is 2. The van der Waals surface area contributed by atoms with Crippen molar-refractivity contribution in [1.82, 2.24) is 10.2 Å². The summed E-state index contributed by atoms with van der Waals surface area (Å²) in [7, 11) is 0. The number of thioether (sulfide) groups is 1. The van der Waals surface area contributed by atoms with E-state index in [2.05, 4.69) is 37.2 Å². The predicted molar refractivity (Wildman–Crippen MR) is 132 cm³/mol. The van der Waals surface area contributed by atoms with Gasteiger partial charge >= 0.3 is 0 Å². The van der Waals surface area contributed by atoms with E-state index in [1.165, 1.54) is 0 Å². The molecule has 0 aromatic heterocycles. The van der Waals surface area contributed by atoms with Crippen LogP contribution in [0.25, 0.3) is 0 Å².